The maximum absolute atomic E-state index is 13.6. The van der Waals surface area contributed by atoms with Gasteiger partial charge in [-0.1, -0.05) is 102 Å². The average Bonchev–Trinajstić information content (AvgIpc) is 2.97. The van der Waals surface area contributed by atoms with Crippen LogP contribution in [0.4, 0.5) is 0 Å². The quantitative estimate of drug-likeness (QED) is 0.0997. The summed E-state index contributed by atoms with van der Waals surface area (Å²) in [5.41, 5.74) is 0.174. The molecule has 0 radical (unpaired) electrons. The van der Waals surface area contributed by atoms with Gasteiger partial charge in [0.2, 0.25) is 0 Å². The average molecular weight is 569 g/mol. The molecule has 0 aliphatic heterocycles. The summed E-state index contributed by atoms with van der Waals surface area (Å²) >= 11 is 0. The molecule has 0 amide bonds. The Morgan fingerprint density at radius 3 is 1.66 bits per heavy atom. The van der Waals surface area contributed by atoms with Crippen LogP contribution in [0.1, 0.15) is 145 Å². The smallest absolute Gasteiger partial charge is 0.342 e. The number of carbonyl (C=O) groups excluding carboxylic acids is 3. The van der Waals surface area contributed by atoms with Crippen molar-refractivity contribution < 1.29 is 34.1 Å². The van der Waals surface area contributed by atoms with Gasteiger partial charge in [0.1, 0.15) is 17.1 Å². The number of aryl methyl sites for hydroxylation is 2. The number of hydrogen-bond donors (Lipinski definition) is 2. The Balaban J connectivity index is 2.07. The van der Waals surface area contributed by atoms with Crippen LogP contribution in [0.3, 0.4) is 0 Å². The highest BCUT2D eigenvalue weighted by Crippen LogP contribution is 2.34. The first-order valence-electron chi connectivity index (χ1n) is 15.2. The number of phenols is 2. The number of phenolic OH excluding ortho intramolecular Hbond substituents is 2. The Bertz CT molecular complexity index is 1150. The van der Waals surface area contributed by atoms with E-state index in [-0.39, 0.29) is 22.4 Å². The van der Waals surface area contributed by atoms with Crippen LogP contribution in [0, 0.1) is 6.92 Å². The summed E-state index contributed by atoms with van der Waals surface area (Å²) in [5.74, 6) is -3.21. The van der Waals surface area contributed by atoms with Crippen LogP contribution in [0.25, 0.3) is 0 Å². The number of hydrogen-bond acceptors (Lipinski definition) is 7. The third-order valence-corrected chi connectivity index (χ3v) is 7.60. The highest BCUT2D eigenvalue weighted by molar-refractivity contribution is 6.19. The highest BCUT2D eigenvalue weighted by Gasteiger charge is 2.32. The Labute approximate surface area is 245 Å². The molecule has 0 aliphatic rings. The summed E-state index contributed by atoms with van der Waals surface area (Å²) in [7, 11) is 2.26. The molecule has 0 heterocycles. The van der Waals surface area contributed by atoms with Crippen LogP contribution in [-0.4, -0.2) is 42.2 Å². The summed E-state index contributed by atoms with van der Waals surface area (Å²) in [5, 5.41) is 21.4. The van der Waals surface area contributed by atoms with Crippen LogP contribution in [0.2, 0.25) is 0 Å². The number of rotatable bonds is 19. The van der Waals surface area contributed by atoms with Crippen molar-refractivity contribution in [2.45, 2.75) is 110 Å². The Hall–Kier alpha value is -3.35. The third-order valence-electron chi connectivity index (χ3n) is 7.60. The molecule has 0 saturated carbocycles. The minimum Gasteiger partial charge on any atom is -0.507 e. The Morgan fingerprint density at radius 1 is 0.659 bits per heavy atom. The topological polar surface area (TPSA) is 110 Å². The van der Waals surface area contributed by atoms with Crippen molar-refractivity contribution >= 4 is 17.7 Å². The molecule has 226 valence electrons. The lowest BCUT2D eigenvalue weighted by Gasteiger charge is -2.17. The van der Waals surface area contributed by atoms with Gasteiger partial charge in [-0.3, -0.25) is 4.79 Å². The van der Waals surface area contributed by atoms with Crippen molar-refractivity contribution in [3.05, 3.63) is 57.6 Å². The van der Waals surface area contributed by atoms with Gasteiger partial charge in [0.05, 0.1) is 25.3 Å². The van der Waals surface area contributed by atoms with E-state index in [4.69, 9.17) is 9.47 Å². The SMILES string of the molecule is CCCCCCCCCCCCCCCCc1cc(C(=O)c2cc(C)ccc2O)c(C(=O)OC)c(C(=O)OC)c1O. The molecule has 0 spiro atoms. The molecule has 0 unspecified atom stereocenters. The Morgan fingerprint density at radius 2 is 1.15 bits per heavy atom. The van der Waals surface area contributed by atoms with Gasteiger partial charge in [-0.15, -0.1) is 0 Å². The van der Waals surface area contributed by atoms with Crippen molar-refractivity contribution in [1.29, 1.82) is 0 Å². The first-order valence-corrected chi connectivity index (χ1v) is 15.2. The first kappa shape index (κ1) is 33.9. The summed E-state index contributed by atoms with van der Waals surface area (Å²) in [4.78, 5) is 39.1. The standard InChI is InChI=1S/C34H48O7/c1-5-6-7-8-9-10-11-12-13-14-15-16-17-18-19-25-23-27(32(37)26-22-24(2)20-21-28(26)35)29(33(38)40-3)30(31(25)36)34(39)41-4/h20-23,35-36H,5-19H2,1-4H3. The fraction of sp³-hybridized carbons (Fsp3) is 0.559. The number of methoxy groups -OCH3 is 2. The fourth-order valence-electron chi connectivity index (χ4n) is 5.20. The van der Waals surface area contributed by atoms with E-state index in [1.165, 1.54) is 82.4 Å². The number of ether oxygens (including phenoxy) is 2. The van der Waals surface area contributed by atoms with Crippen LogP contribution in [0.15, 0.2) is 24.3 Å². The van der Waals surface area contributed by atoms with E-state index in [0.29, 0.717) is 12.0 Å². The summed E-state index contributed by atoms with van der Waals surface area (Å²) in [6.07, 6.45) is 17.4. The second-order valence-electron chi connectivity index (χ2n) is 10.9. The highest BCUT2D eigenvalue weighted by atomic mass is 16.5. The zero-order valence-corrected chi connectivity index (χ0v) is 25.4. The zero-order valence-electron chi connectivity index (χ0n) is 25.4. The lowest BCUT2D eigenvalue weighted by atomic mass is 9.89. The van der Waals surface area contributed by atoms with Crippen LogP contribution < -0.4 is 0 Å². The number of aromatic hydroxyl groups is 2. The molecule has 0 fully saturated rings. The van der Waals surface area contributed by atoms with Crippen molar-refractivity contribution in [2.75, 3.05) is 14.2 Å². The largest absolute Gasteiger partial charge is 0.507 e. The number of unbranched alkanes of at least 4 members (excludes halogenated alkanes) is 13. The van der Waals surface area contributed by atoms with Crippen LogP contribution in [-0.2, 0) is 15.9 Å². The van der Waals surface area contributed by atoms with Crippen LogP contribution >= 0.6 is 0 Å². The summed E-state index contributed by atoms with van der Waals surface area (Å²) in [6.45, 7) is 4.02. The summed E-state index contributed by atoms with van der Waals surface area (Å²) in [6, 6.07) is 6.00. The molecule has 0 aliphatic carbocycles. The van der Waals surface area contributed by atoms with Crippen molar-refractivity contribution in [1.82, 2.24) is 0 Å². The molecule has 2 aromatic carbocycles. The fourth-order valence-corrected chi connectivity index (χ4v) is 5.20. The van der Waals surface area contributed by atoms with E-state index in [2.05, 4.69) is 6.92 Å². The molecule has 41 heavy (non-hydrogen) atoms. The molecule has 0 aromatic heterocycles. The number of ketones is 1. The second-order valence-corrected chi connectivity index (χ2v) is 10.9. The summed E-state index contributed by atoms with van der Waals surface area (Å²) < 4.78 is 9.71. The minimum atomic E-state index is -0.959. The minimum absolute atomic E-state index is 0.0147. The first-order chi connectivity index (χ1) is 19.8. The molecule has 2 aromatic rings. The van der Waals surface area contributed by atoms with Gasteiger partial charge in [0, 0.05) is 5.56 Å². The van der Waals surface area contributed by atoms with Gasteiger partial charge in [-0.2, -0.15) is 0 Å². The molecule has 0 atom stereocenters. The van der Waals surface area contributed by atoms with Gasteiger partial charge in [0.25, 0.3) is 0 Å². The van der Waals surface area contributed by atoms with Crippen molar-refractivity contribution in [3.63, 3.8) is 0 Å². The Kier molecular flexibility index (Phi) is 15.0. The van der Waals surface area contributed by atoms with Gasteiger partial charge in [0.15, 0.2) is 5.78 Å². The number of benzene rings is 2. The molecule has 0 saturated heterocycles. The maximum atomic E-state index is 13.6. The van der Waals surface area contributed by atoms with E-state index in [1.807, 2.05) is 0 Å². The molecule has 2 rings (SSSR count). The number of carbonyl (C=O) groups is 3. The molecule has 2 N–H and O–H groups in total. The molecular formula is C34H48O7. The third kappa shape index (κ3) is 10.2. The molecule has 0 bridgehead atoms. The van der Waals surface area contributed by atoms with Crippen LogP contribution in [0.5, 0.6) is 11.5 Å². The predicted octanol–water partition coefficient (Wildman–Crippen LogP) is 8.23. The van der Waals surface area contributed by atoms with E-state index in [1.54, 1.807) is 13.0 Å². The lowest BCUT2D eigenvalue weighted by Crippen LogP contribution is -2.19. The molecular weight excluding hydrogens is 520 g/mol. The second kappa shape index (κ2) is 18.2. The van der Waals surface area contributed by atoms with Gasteiger partial charge < -0.3 is 19.7 Å². The predicted molar refractivity (Wildman–Crippen MR) is 161 cm³/mol. The molecule has 7 heteroatoms. The zero-order chi connectivity index (χ0) is 30.2. The van der Waals surface area contributed by atoms with Crippen molar-refractivity contribution in [3.8, 4) is 11.5 Å². The van der Waals surface area contributed by atoms with E-state index < -0.39 is 29.0 Å². The van der Waals surface area contributed by atoms with Gasteiger partial charge in [-0.25, -0.2) is 9.59 Å². The van der Waals surface area contributed by atoms with E-state index >= 15 is 0 Å². The maximum Gasteiger partial charge on any atom is 0.342 e. The normalized spacial score (nSPS) is 10.9. The van der Waals surface area contributed by atoms with E-state index in [0.717, 1.165) is 45.5 Å². The van der Waals surface area contributed by atoms with Gasteiger partial charge >= 0.3 is 11.9 Å². The number of esters is 2. The van der Waals surface area contributed by atoms with E-state index in [9.17, 15) is 24.6 Å². The lowest BCUT2D eigenvalue weighted by molar-refractivity contribution is 0.0550. The van der Waals surface area contributed by atoms with Crippen molar-refractivity contribution in [2.24, 2.45) is 0 Å². The monoisotopic (exact) mass is 568 g/mol. The van der Waals surface area contributed by atoms with Gasteiger partial charge in [-0.05, 0) is 43.5 Å². The molecule has 7 nitrogen and oxygen atoms in total.